The summed E-state index contributed by atoms with van der Waals surface area (Å²) in [5, 5.41) is 1.52. The van der Waals surface area contributed by atoms with Crippen LogP contribution in [0.2, 0.25) is 5.02 Å². The quantitative estimate of drug-likeness (QED) is 0.750. The number of amides is 1. The van der Waals surface area contributed by atoms with Crippen LogP contribution in [0.3, 0.4) is 0 Å². The van der Waals surface area contributed by atoms with Crippen molar-refractivity contribution >= 4 is 34.5 Å². The lowest BCUT2D eigenvalue weighted by atomic mass is 10.1. The lowest BCUT2D eigenvalue weighted by molar-refractivity contribution is -0.128. The molecule has 134 valence electrons. The normalized spacial score (nSPS) is 15.3. The highest BCUT2D eigenvalue weighted by Gasteiger charge is 2.19. The van der Waals surface area contributed by atoms with Gasteiger partial charge >= 0.3 is 0 Å². The molecular formula is C18H19ClN6O. The van der Waals surface area contributed by atoms with Gasteiger partial charge in [-0.2, -0.15) is 0 Å². The summed E-state index contributed by atoms with van der Waals surface area (Å²) in [6, 6.07) is 3.76. The number of nitrogens with zero attached hydrogens (tertiary/aromatic N) is 5. The second-order valence-corrected chi connectivity index (χ2v) is 6.78. The molecule has 3 aromatic rings. The minimum Gasteiger partial charge on any atom is -0.345 e. The van der Waals surface area contributed by atoms with E-state index >= 15 is 0 Å². The average Bonchev–Trinajstić information content (AvgIpc) is 2.88. The maximum atomic E-state index is 11.6. The van der Waals surface area contributed by atoms with Gasteiger partial charge in [-0.15, -0.1) is 0 Å². The molecule has 0 bridgehead atoms. The Kier molecular flexibility index (Phi) is 4.46. The minimum atomic E-state index is 0.115. The zero-order valence-electron chi connectivity index (χ0n) is 14.4. The van der Waals surface area contributed by atoms with Crippen LogP contribution in [0.25, 0.3) is 22.3 Å². The summed E-state index contributed by atoms with van der Waals surface area (Å²) in [7, 11) is 0. The summed E-state index contributed by atoms with van der Waals surface area (Å²) >= 11 is 6.10. The van der Waals surface area contributed by atoms with Crippen molar-refractivity contribution in [3.8, 4) is 11.3 Å². The van der Waals surface area contributed by atoms with E-state index in [-0.39, 0.29) is 5.91 Å². The van der Waals surface area contributed by atoms with Gasteiger partial charge in [0.15, 0.2) is 0 Å². The van der Waals surface area contributed by atoms with Crippen molar-refractivity contribution in [2.45, 2.75) is 13.3 Å². The van der Waals surface area contributed by atoms with Crippen LogP contribution in [0.1, 0.15) is 13.3 Å². The van der Waals surface area contributed by atoms with Gasteiger partial charge in [-0.25, -0.2) is 15.0 Å². The first-order valence-electron chi connectivity index (χ1n) is 8.58. The van der Waals surface area contributed by atoms with E-state index in [2.05, 4.69) is 19.9 Å². The maximum Gasteiger partial charge on any atom is 0.225 e. The fourth-order valence-electron chi connectivity index (χ4n) is 3.27. The molecule has 0 aliphatic carbocycles. The zero-order chi connectivity index (χ0) is 18.1. The predicted octanol–water partition coefficient (Wildman–Crippen LogP) is 2.73. The van der Waals surface area contributed by atoms with Gasteiger partial charge < -0.3 is 14.8 Å². The zero-order valence-corrected chi connectivity index (χ0v) is 15.2. The highest BCUT2D eigenvalue weighted by Crippen LogP contribution is 2.28. The number of carbonyl (C=O) groups excluding carboxylic acids is 1. The standard InChI is InChI=1S/C18H19ClN6O/c1-12(26)24-5-2-6-25(8-7-24)18-20-4-3-16(23-18)15-11-22-17-14(15)9-13(19)10-21-17/h3-4,9-11H,2,5-8H2,1H3,(H,21,22). The van der Waals surface area contributed by atoms with E-state index in [0.717, 1.165) is 48.3 Å². The molecule has 4 heterocycles. The van der Waals surface area contributed by atoms with Gasteiger partial charge in [0, 0.05) is 62.6 Å². The van der Waals surface area contributed by atoms with Crippen molar-refractivity contribution in [2.75, 3.05) is 31.1 Å². The van der Waals surface area contributed by atoms with Gasteiger partial charge in [0.1, 0.15) is 5.65 Å². The summed E-state index contributed by atoms with van der Waals surface area (Å²) in [6.07, 6.45) is 6.18. The third-order valence-electron chi connectivity index (χ3n) is 4.64. The van der Waals surface area contributed by atoms with E-state index in [9.17, 15) is 4.79 Å². The highest BCUT2D eigenvalue weighted by molar-refractivity contribution is 6.31. The summed E-state index contributed by atoms with van der Waals surface area (Å²) in [4.78, 5) is 32.3. The number of hydrogen-bond acceptors (Lipinski definition) is 5. The molecule has 0 unspecified atom stereocenters. The van der Waals surface area contributed by atoms with Crippen molar-refractivity contribution < 1.29 is 4.79 Å². The molecule has 0 saturated carbocycles. The molecule has 4 rings (SSSR count). The summed E-state index contributed by atoms with van der Waals surface area (Å²) < 4.78 is 0. The number of H-pyrrole nitrogens is 1. The molecule has 1 amide bonds. The van der Waals surface area contributed by atoms with E-state index in [1.165, 1.54) is 0 Å². The Balaban J connectivity index is 1.64. The first-order chi connectivity index (χ1) is 12.6. The van der Waals surface area contributed by atoms with Crippen LogP contribution in [-0.2, 0) is 4.79 Å². The monoisotopic (exact) mass is 370 g/mol. The molecular weight excluding hydrogens is 352 g/mol. The topological polar surface area (TPSA) is 78.0 Å². The second-order valence-electron chi connectivity index (χ2n) is 6.34. The van der Waals surface area contributed by atoms with Crippen molar-refractivity contribution in [1.29, 1.82) is 0 Å². The number of hydrogen-bond donors (Lipinski definition) is 1. The van der Waals surface area contributed by atoms with Crippen LogP contribution in [0.4, 0.5) is 5.95 Å². The molecule has 26 heavy (non-hydrogen) atoms. The Hall–Kier alpha value is -2.67. The van der Waals surface area contributed by atoms with Gasteiger partial charge in [-0.1, -0.05) is 11.6 Å². The summed E-state index contributed by atoms with van der Waals surface area (Å²) in [6.45, 7) is 4.63. The van der Waals surface area contributed by atoms with E-state index in [1.54, 1.807) is 19.3 Å². The Labute approximate surface area is 156 Å². The van der Waals surface area contributed by atoms with Gasteiger partial charge in [0.05, 0.1) is 10.7 Å². The summed E-state index contributed by atoms with van der Waals surface area (Å²) in [5.74, 6) is 0.793. The maximum absolute atomic E-state index is 11.6. The van der Waals surface area contributed by atoms with Crippen LogP contribution >= 0.6 is 11.6 Å². The highest BCUT2D eigenvalue weighted by atomic mass is 35.5. The van der Waals surface area contributed by atoms with Crippen LogP contribution in [0.5, 0.6) is 0 Å². The predicted molar refractivity (Wildman–Crippen MR) is 101 cm³/mol. The fourth-order valence-corrected chi connectivity index (χ4v) is 3.43. The van der Waals surface area contributed by atoms with Gasteiger partial charge in [-0.3, -0.25) is 4.79 Å². The Morgan fingerprint density at radius 1 is 1.23 bits per heavy atom. The molecule has 1 aliphatic rings. The molecule has 1 fully saturated rings. The number of nitrogens with one attached hydrogen (secondary N) is 1. The Morgan fingerprint density at radius 3 is 2.96 bits per heavy atom. The molecule has 1 aliphatic heterocycles. The number of pyridine rings is 1. The van der Waals surface area contributed by atoms with Crippen molar-refractivity contribution in [2.24, 2.45) is 0 Å². The average molecular weight is 371 g/mol. The fraction of sp³-hybridized carbons (Fsp3) is 0.333. The third-order valence-corrected chi connectivity index (χ3v) is 4.85. The smallest absolute Gasteiger partial charge is 0.225 e. The van der Waals surface area contributed by atoms with E-state index in [1.807, 2.05) is 23.2 Å². The SMILES string of the molecule is CC(=O)N1CCCN(c2nccc(-c3c[nH]c4ncc(Cl)cc34)n2)CC1. The van der Waals surface area contributed by atoms with Crippen LogP contribution in [0.15, 0.2) is 30.7 Å². The number of fused-ring (bicyclic) bond motifs is 1. The molecule has 7 nitrogen and oxygen atoms in total. The molecule has 1 saturated heterocycles. The lowest BCUT2D eigenvalue weighted by Crippen LogP contribution is -2.34. The minimum absolute atomic E-state index is 0.115. The number of aromatic nitrogens is 4. The van der Waals surface area contributed by atoms with E-state index in [0.29, 0.717) is 17.5 Å². The number of halogens is 1. The van der Waals surface area contributed by atoms with Gasteiger partial charge in [0.25, 0.3) is 0 Å². The first-order valence-corrected chi connectivity index (χ1v) is 8.96. The molecule has 0 spiro atoms. The number of carbonyl (C=O) groups is 1. The van der Waals surface area contributed by atoms with Crippen LogP contribution in [0, 0.1) is 0 Å². The van der Waals surface area contributed by atoms with E-state index < -0.39 is 0 Å². The van der Waals surface area contributed by atoms with Crippen LogP contribution in [-0.4, -0.2) is 56.9 Å². The number of anilines is 1. The lowest BCUT2D eigenvalue weighted by Gasteiger charge is -2.21. The second kappa shape index (κ2) is 6.92. The number of aromatic amines is 1. The van der Waals surface area contributed by atoms with Crippen molar-refractivity contribution in [3.63, 3.8) is 0 Å². The van der Waals surface area contributed by atoms with Gasteiger partial charge in [-0.05, 0) is 18.6 Å². The number of rotatable bonds is 2. The van der Waals surface area contributed by atoms with Crippen molar-refractivity contribution in [3.05, 3.63) is 35.7 Å². The molecule has 3 aromatic heterocycles. The van der Waals surface area contributed by atoms with Gasteiger partial charge in [0.2, 0.25) is 11.9 Å². The van der Waals surface area contributed by atoms with E-state index in [4.69, 9.17) is 16.6 Å². The largest absolute Gasteiger partial charge is 0.345 e. The van der Waals surface area contributed by atoms with Crippen LogP contribution < -0.4 is 4.90 Å². The Morgan fingerprint density at radius 2 is 2.12 bits per heavy atom. The van der Waals surface area contributed by atoms with Crippen molar-refractivity contribution in [1.82, 2.24) is 24.8 Å². The molecule has 8 heteroatoms. The molecule has 0 atom stereocenters. The molecule has 0 aromatic carbocycles. The third kappa shape index (κ3) is 3.22. The molecule has 0 radical (unpaired) electrons. The summed E-state index contributed by atoms with van der Waals surface area (Å²) in [5.41, 5.74) is 2.54. The Bertz CT molecular complexity index is 956. The first kappa shape index (κ1) is 16.8. The molecule has 1 N–H and O–H groups in total.